The molecule has 22 heavy (non-hydrogen) atoms. The van der Waals surface area contributed by atoms with Crippen molar-refractivity contribution in [3.8, 4) is 0 Å². The lowest BCUT2D eigenvalue weighted by Crippen LogP contribution is -2.29. The highest BCUT2D eigenvalue weighted by molar-refractivity contribution is 9.10. The molecule has 2 rings (SSSR count). The second-order valence-electron chi connectivity index (χ2n) is 5.23. The average Bonchev–Trinajstić information content (AvgIpc) is 2.84. The molecular formula is C15H17BrN2O3S. The molecule has 1 atom stereocenters. The van der Waals surface area contributed by atoms with Crippen molar-refractivity contribution >= 4 is 49.4 Å². The molecule has 1 unspecified atom stereocenters. The monoisotopic (exact) mass is 384 g/mol. The first kappa shape index (κ1) is 16.9. The molecule has 1 aromatic carbocycles. The lowest BCUT2D eigenvalue weighted by molar-refractivity contribution is -0.138. The number of fused-ring (bicyclic) bond motifs is 1. The maximum Gasteiger partial charge on any atom is 0.303 e. The van der Waals surface area contributed by atoms with Gasteiger partial charge in [-0.05, 0) is 24.1 Å². The van der Waals surface area contributed by atoms with Gasteiger partial charge in [0.15, 0.2) is 0 Å². The lowest BCUT2D eigenvalue weighted by atomic mass is 10.1. The predicted octanol–water partition coefficient (Wildman–Crippen LogP) is 3.22. The molecule has 0 radical (unpaired) electrons. The smallest absolute Gasteiger partial charge is 0.303 e. The van der Waals surface area contributed by atoms with Gasteiger partial charge in [-0.2, -0.15) is 0 Å². The van der Waals surface area contributed by atoms with Crippen LogP contribution in [0.4, 0.5) is 0 Å². The zero-order chi connectivity index (χ0) is 16.1. The van der Waals surface area contributed by atoms with Crippen LogP contribution in [0.15, 0.2) is 22.7 Å². The number of carboxylic acid groups (broad SMARTS) is 1. The number of thiazole rings is 1. The van der Waals surface area contributed by atoms with Crippen LogP contribution < -0.4 is 5.32 Å². The number of carbonyl (C=O) groups is 2. The van der Waals surface area contributed by atoms with Crippen molar-refractivity contribution in [3.63, 3.8) is 0 Å². The minimum absolute atomic E-state index is 0.0625. The minimum atomic E-state index is -0.845. The number of nitrogens with zero attached hydrogens (tertiary/aromatic N) is 1. The van der Waals surface area contributed by atoms with Gasteiger partial charge in [-0.3, -0.25) is 9.59 Å². The third-order valence-corrected chi connectivity index (χ3v) is 4.72. The van der Waals surface area contributed by atoms with E-state index in [0.717, 1.165) is 19.7 Å². The van der Waals surface area contributed by atoms with Crippen LogP contribution in [0.3, 0.4) is 0 Å². The first-order valence-corrected chi connectivity index (χ1v) is 8.58. The van der Waals surface area contributed by atoms with E-state index in [4.69, 9.17) is 5.11 Å². The van der Waals surface area contributed by atoms with Crippen molar-refractivity contribution in [1.82, 2.24) is 10.3 Å². The summed E-state index contributed by atoms with van der Waals surface area (Å²) < 4.78 is 2.09. The molecule has 0 saturated carbocycles. The molecule has 1 aromatic heterocycles. The van der Waals surface area contributed by atoms with Gasteiger partial charge >= 0.3 is 5.97 Å². The molecule has 1 amide bonds. The first-order chi connectivity index (χ1) is 10.4. The standard InChI is InChI=1S/C15H17BrN2O3S/c1-9(6-15(20)21)8-17-13(19)4-5-14-18-11-7-10(16)2-3-12(11)22-14/h2-3,7,9H,4-6,8H2,1H3,(H,17,19)(H,20,21). The van der Waals surface area contributed by atoms with Crippen molar-refractivity contribution in [2.45, 2.75) is 26.2 Å². The Labute approximate surface area is 140 Å². The number of carboxylic acids is 1. The number of halogens is 1. The maximum absolute atomic E-state index is 11.8. The molecule has 0 spiro atoms. The van der Waals surface area contributed by atoms with E-state index in [1.807, 2.05) is 18.2 Å². The highest BCUT2D eigenvalue weighted by Crippen LogP contribution is 2.25. The van der Waals surface area contributed by atoms with Gasteiger partial charge in [-0.25, -0.2) is 4.98 Å². The summed E-state index contributed by atoms with van der Waals surface area (Å²) in [5.74, 6) is -0.985. The van der Waals surface area contributed by atoms with Crippen LogP contribution >= 0.6 is 27.3 Å². The van der Waals surface area contributed by atoms with Gasteiger partial charge in [-0.1, -0.05) is 22.9 Å². The number of nitrogens with one attached hydrogen (secondary N) is 1. The van der Waals surface area contributed by atoms with Crippen molar-refractivity contribution in [2.24, 2.45) is 5.92 Å². The number of hydrogen-bond acceptors (Lipinski definition) is 4. The Hall–Kier alpha value is -1.47. The maximum atomic E-state index is 11.8. The van der Waals surface area contributed by atoms with Gasteiger partial charge in [-0.15, -0.1) is 11.3 Å². The Morgan fingerprint density at radius 2 is 2.23 bits per heavy atom. The van der Waals surface area contributed by atoms with E-state index in [9.17, 15) is 9.59 Å². The molecule has 2 N–H and O–H groups in total. The van der Waals surface area contributed by atoms with Crippen molar-refractivity contribution in [1.29, 1.82) is 0 Å². The number of carbonyl (C=O) groups excluding carboxylic acids is 1. The van der Waals surface area contributed by atoms with E-state index in [2.05, 4.69) is 26.2 Å². The average molecular weight is 385 g/mol. The van der Waals surface area contributed by atoms with Crippen LogP contribution in [0.2, 0.25) is 0 Å². The molecule has 0 aliphatic carbocycles. The van der Waals surface area contributed by atoms with Gasteiger partial charge in [0, 0.05) is 30.3 Å². The second kappa shape index (κ2) is 7.69. The summed E-state index contributed by atoms with van der Waals surface area (Å²) in [6.45, 7) is 2.19. The summed E-state index contributed by atoms with van der Waals surface area (Å²) >= 11 is 5.00. The Kier molecular flexibility index (Phi) is 5.90. The highest BCUT2D eigenvalue weighted by Gasteiger charge is 2.11. The summed E-state index contributed by atoms with van der Waals surface area (Å²) in [6.07, 6.45) is 1.02. The van der Waals surface area contributed by atoms with Crippen LogP contribution in [0.1, 0.15) is 24.8 Å². The Balaban J connectivity index is 1.81. The number of hydrogen-bond donors (Lipinski definition) is 2. The Morgan fingerprint density at radius 3 is 2.95 bits per heavy atom. The summed E-state index contributed by atoms with van der Waals surface area (Å²) in [6, 6.07) is 5.94. The van der Waals surface area contributed by atoms with Crippen molar-refractivity contribution < 1.29 is 14.7 Å². The predicted molar refractivity (Wildman–Crippen MR) is 90.1 cm³/mol. The zero-order valence-corrected chi connectivity index (χ0v) is 14.5. The van der Waals surface area contributed by atoms with Gasteiger partial charge in [0.2, 0.25) is 5.91 Å². The van der Waals surface area contributed by atoms with Crippen molar-refractivity contribution in [3.05, 3.63) is 27.7 Å². The number of aryl methyl sites for hydroxylation is 1. The van der Waals surface area contributed by atoms with Gasteiger partial charge in [0.05, 0.1) is 15.2 Å². The molecule has 5 nitrogen and oxygen atoms in total. The molecule has 0 bridgehead atoms. The highest BCUT2D eigenvalue weighted by atomic mass is 79.9. The number of aromatic nitrogens is 1. The molecule has 1 heterocycles. The fourth-order valence-electron chi connectivity index (χ4n) is 2.02. The third-order valence-electron chi connectivity index (χ3n) is 3.13. The third kappa shape index (κ3) is 5.06. The molecular weight excluding hydrogens is 368 g/mol. The van der Waals surface area contributed by atoms with E-state index >= 15 is 0 Å². The summed E-state index contributed by atoms with van der Waals surface area (Å²) in [5.41, 5.74) is 0.935. The molecule has 0 aliphatic rings. The largest absolute Gasteiger partial charge is 0.481 e. The van der Waals surface area contributed by atoms with E-state index in [1.54, 1.807) is 18.3 Å². The number of benzene rings is 1. The SMILES string of the molecule is CC(CNC(=O)CCc1nc2cc(Br)ccc2s1)CC(=O)O. The topological polar surface area (TPSA) is 79.3 Å². The first-order valence-electron chi connectivity index (χ1n) is 6.97. The van der Waals surface area contributed by atoms with Crippen molar-refractivity contribution in [2.75, 3.05) is 6.54 Å². The van der Waals surface area contributed by atoms with Crippen LogP contribution in [0.25, 0.3) is 10.2 Å². The summed E-state index contributed by atoms with van der Waals surface area (Å²) in [5, 5.41) is 12.4. The van der Waals surface area contributed by atoms with Crippen LogP contribution in [-0.4, -0.2) is 28.5 Å². The van der Waals surface area contributed by atoms with E-state index < -0.39 is 5.97 Å². The van der Waals surface area contributed by atoms with Crippen LogP contribution in [-0.2, 0) is 16.0 Å². The number of amides is 1. The van der Waals surface area contributed by atoms with E-state index in [-0.39, 0.29) is 18.2 Å². The Bertz CT molecular complexity index is 686. The minimum Gasteiger partial charge on any atom is -0.481 e. The Morgan fingerprint density at radius 1 is 1.45 bits per heavy atom. The summed E-state index contributed by atoms with van der Waals surface area (Å²) in [7, 11) is 0. The van der Waals surface area contributed by atoms with Gasteiger partial charge in [0.1, 0.15) is 0 Å². The molecule has 7 heteroatoms. The molecule has 0 saturated heterocycles. The number of rotatable bonds is 7. The normalized spacial score (nSPS) is 12.3. The van der Waals surface area contributed by atoms with Gasteiger partial charge in [0.25, 0.3) is 0 Å². The lowest BCUT2D eigenvalue weighted by Gasteiger charge is -2.09. The molecule has 0 aliphatic heterocycles. The fraction of sp³-hybridized carbons (Fsp3) is 0.400. The molecule has 118 valence electrons. The van der Waals surface area contributed by atoms with Gasteiger partial charge < -0.3 is 10.4 Å². The molecule has 2 aromatic rings. The van der Waals surface area contributed by atoms with E-state index in [1.165, 1.54) is 0 Å². The fourth-order valence-corrected chi connectivity index (χ4v) is 3.32. The van der Waals surface area contributed by atoms with E-state index in [0.29, 0.717) is 19.4 Å². The summed E-state index contributed by atoms with van der Waals surface area (Å²) in [4.78, 5) is 26.8. The zero-order valence-electron chi connectivity index (χ0n) is 12.1. The van der Waals surface area contributed by atoms with Crippen LogP contribution in [0, 0.1) is 5.92 Å². The van der Waals surface area contributed by atoms with Crippen LogP contribution in [0.5, 0.6) is 0 Å². The number of aliphatic carboxylic acids is 1. The quantitative estimate of drug-likeness (QED) is 0.767. The molecule has 0 fully saturated rings. The second-order valence-corrected chi connectivity index (χ2v) is 7.26.